The van der Waals surface area contributed by atoms with Gasteiger partial charge in [0.05, 0.1) is 35.0 Å². The van der Waals surface area contributed by atoms with Gasteiger partial charge in [0.2, 0.25) is 5.88 Å². The van der Waals surface area contributed by atoms with Gasteiger partial charge in [0.1, 0.15) is 21.5 Å². The van der Waals surface area contributed by atoms with E-state index in [1.165, 1.54) is 13.2 Å². The summed E-state index contributed by atoms with van der Waals surface area (Å²) in [5, 5.41) is 10.6. The topological polar surface area (TPSA) is 104 Å². The Kier molecular flexibility index (Phi) is 8.18. The van der Waals surface area contributed by atoms with E-state index in [2.05, 4.69) is 47.5 Å². The number of carbonyl (C=O) groups is 1. The van der Waals surface area contributed by atoms with Crippen molar-refractivity contribution in [2.75, 3.05) is 13.7 Å². The third-order valence-corrected chi connectivity index (χ3v) is 7.63. The molecule has 4 aromatic heterocycles. The zero-order chi connectivity index (χ0) is 27.5. The van der Waals surface area contributed by atoms with Crippen molar-refractivity contribution in [3.63, 3.8) is 0 Å². The molecule has 5 aromatic rings. The number of rotatable bonds is 11. The predicted octanol–water partition coefficient (Wildman–Crippen LogP) is 6.86. The highest BCUT2D eigenvalue weighted by Gasteiger charge is 2.21. The van der Waals surface area contributed by atoms with Gasteiger partial charge in [-0.3, -0.25) is 0 Å². The molecule has 0 saturated carbocycles. The molecule has 0 unspecified atom stereocenters. The number of aromatic carboxylic acids is 1. The molecule has 1 N–H and O–H groups in total. The zero-order valence-electron chi connectivity index (χ0n) is 21.5. The molecule has 0 amide bonds. The Morgan fingerprint density at radius 2 is 1.87 bits per heavy atom. The first-order valence-electron chi connectivity index (χ1n) is 12.5. The maximum absolute atomic E-state index is 11.7. The van der Waals surface area contributed by atoms with Gasteiger partial charge >= 0.3 is 5.97 Å². The van der Waals surface area contributed by atoms with Crippen LogP contribution in [0.15, 0.2) is 57.7 Å². The Hall–Kier alpha value is -3.44. The number of hydrogen-bond donors (Lipinski definition) is 1. The molecule has 0 radical (unpaired) electrons. The molecule has 1 aromatic carbocycles. The second-order valence-electron chi connectivity index (χ2n) is 9.13. The van der Waals surface area contributed by atoms with E-state index in [1.54, 1.807) is 12.3 Å². The highest BCUT2D eigenvalue weighted by Crippen LogP contribution is 2.34. The largest absolute Gasteiger partial charge is 0.494 e. The quantitative estimate of drug-likeness (QED) is 0.122. The van der Waals surface area contributed by atoms with E-state index in [4.69, 9.17) is 19.4 Å². The van der Waals surface area contributed by atoms with Crippen molar-refractivity contribution in [3.05, 3.63) is 63.3 Å². The molecule has 0 bridgehead atoms. The average Bonchev–Trinajstić information content (AvgIpc) is 3.45. The minimum Gasteiger partial charge on any atom is -0.494 e. The van der Waals surface area contributed by atoms with E-state index in [1.807, 2.05) is 35.9 Å². The number of methoxy groups -OCH3 is 1. The SMILES string of the molecule is COc1cc(C(=O)O)cc2nc(-c3cc4ccc(Br)nc4n3CCCCCCOc3ncccc3Br)n(C)c12. The van der Waals surface area contributed by atoms with Crippen LogP contribution in [-0.4, -0.2) is 48.9 Å². The minimum atomic E-state index is -1.02. The highest BCUT2D eigenvalue weighted by atomic mass is 79.9. The van der Waals surface area contributed by atoms with Crippen LogP contribution in [0, 0.1) is 0 Å². The summed E-state index contributed by atoms with van der Waals surface area (Å²) < 4.78 is 17.1. The number of pyridine rings is 2. The van der Waals surface area contributed by atoms with Gasteiger partial charge in [-0.15, -0.1) is 0 Å². The van der Waals surface area contributed by atoms with Crippen molar-refractivity contribution in [1.82, 2.24) is 24.1 Å². The van der Waals surface area contributed by atoms with Gasteiger partial charge in [-0.1, -0.05) is 6.42 Å². The number of aromatic nitrogens is 5. The van der Waals surface area contributed by atoms with Crippen LogP contribution in [0.25, 0.3) is 33.6 Å². The van der Waals surface area contributed by atoms with Gasteiger partial charge < -0.3 is 23.7 Å². The molecule has 39 heavy (non-hydrogen) atoms. The highest BCUT2D eigenvalue weighted by molar-refractivity contribution is 9.10. The summed E-state index contributed by atoms with van der Waals surface area (Å²) in [4.78, 5) is 25.5. The molecule has 5 rings (SSSR count). The van der Waals surface area contributed by atoms with Gasteiger partial charge in [0.15, 0.2) is 5.82 Å². The number of fused-ring (bicyclic) bond motifs is 2. The van der Waals surface area contributed by atoms with Crippen LogP contribution in [0.1, 0.15) is 36.0 Å². The van der Waals surface area contributed by atoms with Crippen LogP contribution in [0.5, 0.6) is 11.6 Å². The number of imidazole rings is 1. The van der Waals surface area contributed by atoms with Crippen molar-refractivity contribution in [1.29, 1.82) is 0 Å². The van der Waals surface area contributed by atoms with E-state index >= 15 is 0 Å². The maximum atomic E-state index is 11.7. The third-order valence-electron chi connectivity index (χ3n) is 6.58. The Balaban J connectivity index is 1.37. The molecule has 0 spiro atoms. The number of benzene rings is 1. The summed E-state index contributed by atoms with van der Waals surface area (Å²) in [5.41, 5.74) is 3.22. The first kappa shape index (κ1) is 27.1. The fourth-order valence-corrected chi connectivity index (χ4v) is 5.38. The number of unbranched alkanes of at least 4 members (excludes halogenated alkanes) is 3. The molecule has 0 aliphatic carbocycles. The standard InChI is InChI=1S/C28H27Br2N5O4/c1-34-24-20(14-18(28(36)37)16-22(24)38-2)32-26(34)21-15-17-9-10-23(30)33-25(17)35(21)12-5-3-4-6-13-39-27-19(29)8-7-11-31-27/h7-11,14-16H,3-6,12-13H2,1-2H3,(H,36,37). The normalized spacial score (nSPS) is 11.4. The lowest BCUT2D eigenvalue weighted by Gasteiger charge is -2.11. The summed E-state index contributed by atoms with van der Waals surface area (Å²) in [7, 11) is 3.45. The summed E-state index contributed by atoms with van der Waals surface area (Å²) in [5.74, 6) is 0.778. The van der Waals surface area contributed by atoms with Crippen LogP contribution in [0.2, 0.25) is 0 Å². The van der Waals surface area contributed by atoms with E-state index in [-0.39, 0.29) is 5.56 Å². The number of carboxylic acids is 1. The molecule has 202 valence electrons. The second-order valence-corrected chi connectivity index (χ2v) is 10.8. The number of halogens is 2. The Morgan fingerprint density at radius 3 is 2.64 bits per heavy atom. The van der Waals surface area contributed by atoms with Gasteiger partial charge in [-0.05, 0) is 93.6 Å². The predicted molar refractivity (Wildman–Crippen MR) is 157 cm³/mol. The van der Waals surface area contributed by atoms with Gasteiger partial charge in [-0.25, -0.2) is 19.7 Å². The number of aryl methyl sites for hydroxylation is 2. The van der Waals surface area contributed by atoms with Crippen LogP contribution >= 0.6 is 31.9 Å². The van der Waals surface area contributed by atoms with E-state index in [0.717, 1.165) is 63.5 Å². The Bertz CT molecular complexity index is 1660. The maximum Gasteiger partial charge on any atom is 0.335 e. The fourth-order valence-electron chi connectivity index (χ4n) is 4.71. The minimum absolute atomic E-state index is 0.134. The van der Waals surface area contributed by atoms with Gasteiger partial charge in [0, 0.05) is 25.2 Å². The second kappa shape index (κ2) is 11.7. The van der Waals surface area contributed by atoms with E-state index in [9.17, 15) is 9.90 Å². The van der Waals surface area contributed by atoms with Crippen molar-refractivity contribution >= 4 is 59.9 Å². The number of carboxylic acid groups (broad SMARTS) is 1. The Labute approximate surface area is 242 Å². The number of ether oxygens (including phenoxy) is 2. The van der Waals surface area contributed by atoms with Crippen molar-refractivity contribution in [3.8, 4) is 23.1 Å². The molecule has 0 fully saturated rings. The van der Waals surface area contributed by atoms with Crippen LogP contribution in [0.3, 0.4) is 0 Å². The van der Waals surface area contributed by atoms with Gasteiger partial charge in [0.25, 0.3) is 0 Å². The summed E-state index contributed by atoms with van der Waals surface area (Å²) in [6.45, 7) is 1.37. The van der Waals surface area contributed by atoms with Crippen LogP contribution in [0.4, 0.5) is 0 Å². The van der Waals surface area contributed by atoms with Crippen molar-refractivity contribution < 1.29 is 19.4 Å². The van der Waals surface area contributed by atoms with Crippen LogP contribution in [-0.2, 0) is 13.6 Å². The number of hydrogen-bond acceptors (Lipinski definition) is 6. The molecule has 0 atom stereocenters. The monoisotopic (exact) mass is 655 g/mol. The molecule has 4 heterocycles. The molecule has 9 nitrogen and oxygen atoms in total. The summed E-state index contributed by atoms with van der Waals surface area (Å²) >= 11 is 6.97. The number of nitrogens with zero attached hydrogens (tertiary/aromatic N) is 5. The van der Waals surface area contributed by atoms with E-state index in [0.29, 0.717) is 29.6 Å². The Morgan fingerprint density at radius 1 is 1.05 bits per heavy atom. The zero-order valence-corrected chi connectivity index (χ0v) is 24.7. The molecule has 0 aliphatic rings. The molecular formula is C28H27Br2N5O4. The summed E-state index contributed by atoms with van der Waals surface area (Å²) in [6.07, 6.45) is 5.66. The average molecular weight is 657 g/mol. The van der Waals surface area contributed by atoms with Crippen LogP contribution < -0.4 is 9.47 Å². The molecule has 11 heteroatoms. The smallest absolute Gasteiger partial charge is 0.335 e. The fraction of sp³-hybridized carbons (Fsp3) is 0.286. The van der Waals surface area contributed by atoms with Gasteiger partial charge in [-0.2, -0.15) is 0 Å². The molecule has 0 saturated heterocycles. The lowest BCUT2D eigenvalue weighted by molar-refractivity contribution is 0.0696. The third kappa shape index (κ3) is 5.65. The lowest BCUT2D eigenvalue weighted by Crippen LogP contribution is -2.05. The molecule has 0 aliphatic heterocycles. The first-order valence-corrected chi connectivity index (χ1v) is 14.1. The van der Waals surface area contributed by atoms with E-state index < -0.39 is 5.97 Å². The first-order chi connectivity index (χ1) is 18.9. The molecular weight excluding hydrogens is 630 g/mol. The van der Waals surface area contributed by atoms with Crippen molar-refractivity contribution in [2.24, 2.45) is 7.05 Å². The summed E-state index contributed by atoms with van der Waals surface area (Å²) in [6, 6.07) is 12.9. The lowest BCUT2D eigenvalue weighted by atomic mass is 10.2. The van der Waals surface area contributed by atoms with Crippen molar-refractivity contribution in [2.45, 2.75) is 32.2 Å².